The van der Waals surface area contributed by atoms with Crippen molar-refractivity contribution in [3.63, 3.8) is 0 Å². The molecule has 0 bridgehead atoms. The van der Waals surface area contributed by atoms with Gasteiger partial charge in [0.1, 0.15) is 5.75 Å². The topological polar surface area (TPSA) is 86.0 Å². The Labute approximate surface area is 105 Å². The minimum atomic E-state index is -0.0604. The molecule has 0 aliphatic rings. The van der Waals surface area contributed by atoms with Gasteiger partial charge in [-0.3, -0.25) is 0 Å². The van der Waals surface area contributed by atoms with E-state index in [1.165, 1.54) is 0 Å². The van der Waals surface area contributed by atoms with Gasteiger partial charge in [0, 0.05) is 0 Å². The molecule has 0 saturated heterocycles. The van der Waals surface area contributed by atoms with Crippen molar-refractivity contribution in [3.05, 3.63) is 29.8 Å². The van der Waals surface area contributed by atoms with E-state index in [0.29, 0.717) is 0 Å². The van der Waals surface area contributed by atoms with Crippen molar-refractivity contribution in [1.29, 1.82) is 0 Å². The second-order valence-corrected chi connectivity index (χ2v) is 2.54. The Balaban J connectivity index is 0.00000196. The van der Waals surface area contributed by atoms with Crippen LogP contribution < -0.4 is 16.2 Å². The third-order valence-corrected chi connectivity index (χ3v) is 1.50. The van der Waals surface area contributed by atoms with Gasteiger partial charge < -0.3 is 16.2 Å². The molecule has 0 heterocycles. The van der Waals surface area contributed by atoms with Crippen LogP contribution in [0, 0.1) is 0 Å². The van der Waals surface area contributed by atoms with Crippen LogP contribution in [0.5, 0.6) is 5.75 Å². The Morgan fingerprint density at radius 2 is 1.87 bits per heavy atom. The SMILES string of the molecule is COc1ccc(/C=N/N=C(N)N)cc1.I. The number of guanidine groups is 1. The molecule has 0 amide bonds. The van der Waals surface area contributed by atoms with E-state index in [4.69, 9.17) is 16.2 Å². The summed E-state index contributed by atoms with van der Waals surface area (Å²) in [6.07, 6.45) is 1.55. The number of nitrogens with two attached hydrogens (primary N) is 2. The van der Waals surface area contributed by atoms with Crippen LogP contribution in [0.25, 0.3) is 0 Å². The molecule has 6 heteroatoms. The molecule has 0 aromatic heterocycles. The fourth-order valence-electron chi connectivity index (χ4n) is 0.852. The number of rotatable bonds is 3. The van der Waals surface area contributed by atoms with Crippen molar-refractivity contribution in [3.8, 4) is 5.75 Å². The van der Waals surface area contributed by atoms with Gasteiger partial charge >= 0.3 is 0 Å². The van der Waals surface area contributed by atoms with Crippen LogP contribution in [0.4, 0.5) is 0 Å². The molecule has 4 N–H and O–H groups in total. The van der Waals surface area contributed by atoms with Crippen LogP contribution in [0.15, 0.2) is 34.5 Å². The molecule has 0 aliphatic heterocycles. The van der Waals surface area contributed by atoms with Gasteiger partial charge in [0.05, 0.1) is 13.3 Å². The molecular formula is C9H13IN4O. The smallest absolute Gasteiger partial charge is 0.211 e. The summed E-state index contributed by atoms with van der Waals surface area (Å²) in [7, 11) is 1.61. The molecule has 0 atom stereocenters. The van der Waals surface area contributed by atoms with Crippen molar-refractivity contribution in [2.75, 3.05) is 7.11 Å². The van der Waals surface area contributed by atoms with Crippen LogP contribution in [0.2, 0.25) is 0 Å². The van der Waals surface area contributed by atoms with E-state index in [0.717, 1.165) is 11.3 Å². The normalized spacial score (nSPS) is 9.40. The minimum Gasteiger partial charge on any atom is -0.497 e. The van der Waals surface area contributed by atoms with Gasteiger partial charge in [0.25, 0.3) is 0 Å². The van der Waals surface area contributed by atoms with Crippen molar-refractivity contribution in [1.82, 2.24) is 0 Å². The molecule has 0 spiro atoms. The average molecular weight is 320 g/mol. The highest BCUT2D eigenvalue weighted by Crippen LogP contribution is 2.09. The summed E-state index contributed by atoms with van der Waals surface area (Å²) in [6.45, 7) is 0. The Kier molecular flexibility index (Phi) is 6.43. The average Bonchev–Trinajstić information content (AvgIpc) is 2.18. The van der Waals surface area contributed by atoms with E-state index in [-0.39, 0.29) is 29.9 Å². The lowest BCUT2D eigenvalue weighted by Crippen LogP contribution is -2.21. The Bertz CT molecular complexity index is 344. The number of halogens is 1. The van der Waals surface area contributed by atoms with E-state index in [9.17, 15) is 0 Å². The predicted molar refractivity (Wildman–Crippen MR) is 71.8 cm³/mol. The van der Waals surface area contributed by atoms with Gasteiger partial charge in [-0.15, -0.1) is 29.1 Å². The van der Waals surface area contributed by atoms with Gasteiger partial charge in [0.15, 0.2) is 0 Å². The van der Waals surface area contributed by atoms with Crippen molar-refractivity contribution < 1.29 is 4.74 Å². The van der Waals surface area contributed by atoms with E-state index in [1.807, 2.05) is 24.3 Å². The summed E-state index contributed by atoms with van der Waals surface area (Å²) in [5.74, 6) is 0.735. The fourth-order valence-corrected chi connectivity index (χ4v) is 0.852. The summed E-state index contributed by atoms with van der Waals surface area (Å²) in [6, 6.07) is 7.36. The highest BCUT2D eigenvalue weighted by Gasteiger charge is 1.89. The third kappa shape index (κ3) is 5.21. The number of benzene rings is 1. The van der Waals surface area contributed by atoms with Crippen molar-refractivity contribution in [2.24, 2.45) is 21.7 Å². The third-order valence-electron chi connectivity index (χ3n) is 1.50. The highest BCUT2D eigenvalue weighted by molar-refractivity contribution is 14.0. The molecule has 15 heavy (non-hydrogen) atoms. The first-order valence-corrected chi connectivity index (χ1v) is 3.98. The number of ether oxygens (including phenoxy) is 1. The summed E-state index contributed by atoms with van der Waals surface area (Å²) in [5, 5.41) is 7.14. The molecule has 82 valence electrons. The van der Waals surface area contributed by atoms with Crippen LogP contribution in [-0.4, -0.2) is 19.3 Å². The molecule has 0 fully saturated rings. The van der Waals surface area contributed by atoms with Gasteiger partial charge in [-0.05, 0) is 29.8 Å². The first-order chi connectivity index (χ1) is 6.72. The molecule has 5 nitrogen and oxygen atoms in total. The number of nitrogens with zero attached hydrogens (tertiary/aromatic N) is 2. The van der Waals surface area contributed by atoms with Gasteiger partial charge in [-0.25, -0.2) is 0 Å². The lowest BCUT2D eigenvalue weighted by atomic mass is 10.2. The predicted octanol–water partition coefficient (Wildman–Crippen LogP) is 0.920. The first-order valence-electron chi connectivity index (χ1n) is 3.98. The van der Waals surface area contributed by atoms with E-state index >= 15 is 0 Å². The molecule has 0 unspecified atom stereocenters. The van der Waals surface area contributed by atoms with Crippen molar-refractivity contribution in [2.45, 2.75) is 0 Å². The van der Waals surface area contributed by atoms with Crippen LogP contribution >= 0.6 is 24.0 Å². The molecule has 0 radical (unpaired) electrons. The molecular weight excluding hydrogens is 307 g/mol. The molecule has 1 aromatic carbocycles. The summed E-state index contributed by atoms with van der Waals surface area (Å²) in [4.78, 5) is 0. The van der Waals surface area contributed by atoms with Crippen LogP contribution in [0.3, 0.4) is 0 Å². The maximum Gasteiger partial charge on any atom is 0.211 e. The second kappa shape index (κ2) is 7.04. The summed E-state index contributed by atoms with van der Waals surface area (Å²) in [5.41, 5.74) is 11.1. The van der Waals surface area contributed by atoms with E-state index < -0.39 is 0 Å². The largest absolute Gasteiger partial charge is 0.497 e. The quantitative estimate of drug-likeness (QED) is 0.376. The fraction of sp³-hybridized carbons (Fsp3) is 0.111. The Morgan fingerprint density at radius 3 is 2.33 bits per heavy atom. The first kappa shape index (κ1) is 13.7. The highest BCUT2D eigenvalue weighted by atomic mass is 127. The number of hydrogen-bond donors (Lipinski definition) is 2. The Hall–Kier alpha value is -1.31. The molecule has 1 aromatic rings. The molecule has 0 saturated carbocycles. The monoisotopic (exact) mass is 320 g/mol. The second-order valence-electron chi connectivity index (χ2n) is 2.54. The summed E-state index contributed by atoms with van der Waals surface area (Å²) >= 11 is 0. The Morgan fingerprint density at radius 1 is 1.27 bits per heavy atom. The number of methoxy groups -OCH3 is 1. The van der Waals surface area contributed by atoms with Gasteiger partial charge in [-0.1, -0.05) is 0 Å². The van der Waals surface area contributed by atoms with Crippen LogP contribution in [0.1, 0.15) is 5.56 Å². The zero-order valence-corrected chi connectivity index (χ0v) is 10.6. The lowest BCUT2D eigenvalue weighted by Gasteiger charge is -1.97. The maximum absolute atomic E-state index is 5.10. The van der Waals surface area contributed by atoms with Crippen molar-refractivity contribution >= 4 is 36.2 Å². The standard InChI is InChI=1S/C9H12N4O.HI/c1-14-8-4-2-7(3-5-8)6-12-13-9(10)11;/h2-6H,1H3,(H4,10,11,13);1H/b12-6+;. The van der Waals surface area contributed by atoms with Gasteiger partial charge in [-0.2, -0.15) is 5.10 Å². The molecule has 0 aliphatic carbocycles. The van der Waals surface area contributed by atoms with E-state index in [1.54, 1.807) is 13.3 Å². The summed E-state index contributed by atoms with van der Waals surface area (Å²) < 4.78 is 5.00. The molecule has 1 rings (SSSR count). The maximum atomic E-state index is 5.10. The zero-order chi connectivity index (χ0) is 10.4. The van der Waals surface area contributed by atoms with Gasteiger partial charge in [0.2, 0.25) is 5.96 Å². The number of hydrogen-bond acceptors (Lipinski definition) is 3. The zero-order valence-electron chi connectivity index (χ0n) is 8.25. The van der Waals surface area contributed by atoms with Crippen LogP contribution in [-0.2, 0) is 0 Å². The van der Waals surface area contributed by atoms with E-state index in [2.05, 4.69) is 10.2 Å². The lowest BCUT2D eigenvalue weighted by molar-refractivity contribution is 0.415. The minimum absolute atomic E-state index is 0.